The molecule has 0 nitrogen and oxygen atoms in total. The van der Waals surface area contributed by atoms with Crippen molar-refractivity contribution in [1.82, 2.24) is 0 Å². The van der Waals surface area contributed by atoms with E-state index in [2.05, 4.69) is 31.9 Å². The van der Waals surface area contributed by atoms with Crippen LogP contribution >= 0.6 is 66.7 Å². The molecule has 1 atom stereocenters. The van der Waals surface area contributed by atoms with Crippen molar-refractivity contribution in [2.45, 2.75) is 4.83 Å². The van der Waals surface area contributed by atoms with Crippen molar-refractivity contribution in [2.24, 2.45) is 0 Å². The minimum atomic E-state index is 0.430. The van der Waals surface area contributed by atoms with Crippen LogP contribution in [-0.2, 0) is 0 Å². The lowest BCUT2D eigenvalue weighted by Crippen LogP contribution is -1.98. The predicted molar refractivity (Wildman–Crippen MR) is 62.9 cm³/mol. The van der Waals surface area contributed by atoms with Crippen molar-refractivity contribution >= 4 is 66.7 Å². The van der Waals surface area contributed by atoms with Gasteiger partial charge in [0.2, 0.25) is 0 Å². The summed E-state index contributed by atoms with van der Waals surface area (Å²) in [6.45, 7) is 0. The fourth-order valence-corrected chi connectivity index (χ4v) is 0.946. The molecule has 0 aliphatic rings. The minimum Gasteiger partial charge on any atom is -0.125 e. The number of hydrogen-bond donors (Lipinski definition) is 0. The maximum absolute atomic E-state index is 5.38. The average molecular weight is 347 g/mol. The highest BCUT2D eigenvalue weighted by Gasteiger charge is 1.94. The number of rotatable bonds is 3. The minimum absolute atomic E-state index is 0.430. The first kappa shape index (κ1) is 15.1. The molecule has 0 spiro atoms. The quantitative estimate of drug-likeness (QED) is 0.666. The molecule has 0 aromatic rings. The van der Waals surface area contributed by atoms with Crippen molar-refractivity contribution in [3.05, 3.63) is 11.6 Å². The van der Waals surface area contributed by atoms with E-state index in [-0.39, 0.29) is 0 Å². The molecule has 68 valence electrons. The fourth-order valence-electron chi connectivity index (χ4n) is 0.0749. The first-order valence-corrected chi connectivity index (χ1v) is 6.34. The molecule has 0 N–H and O–H groups in total. The highest BCUT2D eigenvalue weighted by Crippen LogP contribution is 2.03. The van der Waals surface area contributed by atoms with E-state index >= 15 is 0 Å². The molecule has 0 aromatic carbocycles. The standard InChI is InChI=1S/C3H5Br2Cl.C3H4Cl2/c4-1-3(5)2-6;4-2-1-3-5/h3H,1-2H2;1-2H,3H2. The lowest BCUT2D eigenvalue weighted by atomic mass is 10.6. The monoisotopic (exact) mass is 344 g/mol. The Labute approximate surface area is 99.5 Å². The third-order valence-corrected chi connectivity index (χ3v) is 3.91. The summed E-state index contributed by atoms with van der Waals surface area (Å²) in [5, 5.41) is 0.927. The summed E-state index contributed by atoms with van der Waals surface area (Å²) < 4.78 is 0. The van der Waals surface area contributed by atoms with E-state index in [1.807, 2.05) is 0 Å². The van der Waals surface area contributed by atoms with Crippen LogP contribution < -0.4 is 0 Å². The zero-order valence-electron chi connectivity index (χ0n) is 5.74. The molecule has 0 bridgehead atoms. The summed E-state index contributed by atoms with van der Waals surface area (Å²) >= 11 is 22.1. The zero-order valence-corrected chi connectivity index (χ0v) is 11.2. The van der Waals surface area contributed by atoms with Gasteiger partial charge < -0.3 is 0 Å². The van der Waals surface area contributed by atoms with Crippen LogP contribution in [0.3, 0.4) is 0 Å². The zero-order chi connectivity index (χ0) is 9.11. The lowest BCUT2D eigenvalue weighted by Gasteiger charge is -1.93. The maximum atomic E-state index is 5.38. The Morgan fingerprint density at radius 1 is 1.36 bits per heavy atom. The van der Waals surface area contributed by atoms with Crippen LogP contribution in [0.2, 0.25) is 0 Å². The number of hydrogen-bond acceptors (Lipinski definition) is 0. The molecule has 11 heavy (non-hydrogen) atoms. The summed E-state index contributed by atoms with van der Waals surface area (Å²) in [5.74, 6) is 1.18. The van der Waals surface area contributed by atoms with Gasteiger partial charge >= 0.3 is 0 Å². The summed E-state index contributed by atoms with van der Waals surface area (Å²) in [5.41, 5.74) is 1.40. The van der Waals surface area contributed by atoms with Crippen molar-refractivity contribution in [2.75, 3.05) is 17.1 Å². The molecular formula is C6H9Br2Cl3. The Morgan fingerprint density at radius 2 is 1.91 bits per heavy atom. The number of allylic oxidation sites excluding steroid dienone is 1. The topological polar surface area (TPSA) is 0 Å². The smallest absolute Gasteiger partial charge is 0.0415 e. The van der Waals surface area contributed by atoms with E-state index in [1.165, 1.54) is 5.54 Å². The normalized spacial score (nSPS) is 12.5. The van der Waals surface area contributed by atoms with E-state index in [1.54, 1.807) is 6.08 Å². The molecule has 5 heteroatoms. The molecule has 0 heterocycles. The van der Waals surface area contributed by atoms with Gasteiger partial charge in [-0.2, -0.15) is 0 Å². The summed E-state index contributed by atoms with van der Waals surface area (Å²) in [6, 6.07) is 0. The van der Waals surface area contributed by atoms with Crippen LogP contribution in [-0.4, -0.2) is 21.9 Å². The van der Waals surface area contributed by atoms with Crippen molar-refractivity contribution in [3.8, 4) is 0 Å². The van der Waals surface area contributed by atoms with Gasteiger partial charge in [0.05, 0.1) is 0 Å². The molecule has 1 unspecified atom stereocenters. The largest absolute Gasteiger partial charge is 0.125 e. The van der Waals surface area contributed by atoms with Crippen LogP contribution in [0.15, 0.2) is 11.6 Å². The summed E-state index contributed by atoms with van der Waals surface area (Å²) in [4.78, 5) is 0.430. The molecule has 0 saturated carbocycles. The Hall–Kier alpha value is 1.57. The average Bonchev–Trinajstić information content (AvgIpc) is 2.06. The second-order valence-electron chi connectivity index (χ2n) is 1.42. The maximum Gasteiger partial charge on any atom is 0.0415 e. The Balaban J connectivity index is 0. The van der Waals surface area contributed by atoms with Gasteiger partial charge in [0.15, 0.2) is 0 Å². The van der Waals surface area contributed by atoms with Crippen LogP contribution in [0.25, 0.3) is 0 Å². The van der Waals surface area contributed by atoms with E-state index in [9.17, 15) is 0 Å². The van der Waals surface area contributed by atoms with E-state index in [4.69, 9.17) is 34.8 Å². The van der Waals surface area contributed by atoms with Crippen LogP contribution in [0.1, 0.15) is 0 Å². The van der Waals surface area contributed by atoms with Gasteiger partial charge in [0.25, 0.3) is 0 Å². The third kappa shape index (κ3) is 18.5. The molecule has 0 aromatic heterocycles. The highest BCUT2D eigenvalue weighted by atomic mass is 79.9. The van der Waals surface area contributed by atoms with Gasteiger partial charge in [-0.25, -0.2) is 0 Å². The first-order chi connectivity index (χ1) is 5.22. The van der Waals surface area contributed by atoms with E-state index in [0.29, 0.717) is 16.6 Å². The van der Waals surface area contributed by atoms with Crippen LogP contribution in [0.5, 0.6) is 0 Å². The van der Waals surface area contributed by atoms with Gasteiger partial charge in [-0.3, -0.25) is 0 Å². The number of alkyl halides is 4. The van der Waals surface area contributed by atoms with Gasteiger partial charge in [0, 0.05) is 27.5 Å². The molecular weight excluding hydrogens is 338 g/mol. The third-order valence-electron chi connectivity index (χ3n) is 0.513. The van der Waals surface area contributed by atoms with Gasteiger partial charge in [0.1, 0.15) is 0 Å². The SMILES string of the molecule is ClC=CCCl.ClCC(Br)CBr. The van der Waals surface area contributed by atoms with Crippen LogP contribution in [0, 0.1) is 0 Å². The highest BCUT2D eigenvalue weighted by molar-refractivity contribution is 9.12. The van der Waals surface area contributed by atoms with Crippen molar-refractivity contribution in [3.63, 3.8) is 0 Å². The number of halogens is 5. The Kier molecular flexibility index (Phi) is 19.3. The Bertz CT molecular complexity index is 83.9. The van der Waals surface area contributed by atoms with Gasteiger partial charge in [-0.15, -0.1) is 23.2 Å². The molecule has 0 fully saturated rings. The summed E-state index contributed by atoms with van der Waals surface area (Å²) in [7, 11) is 0. The van der Waals surface area contributed by atoms with Gasteiger partial charge in [-0.1, -0.05) is 49.5 Å². The molecule has 0 aliphatic carbocycles. The predicted octanol–water partition coefficient (Wildman–Crippen LogP) is 4.36. The molecule has 0 amide bonds. The molecule has 0 saturated heterocycles. The van der Waals surface area contributed by atoms with E-state index < -0.39 is 0 Å². The lowest BCUT2D eigenvalue weighted by molar-refractivity contribution is 1.18. The summed E-state index contributed by atoms with van der Waals surface area (Å²) in [6.07, 6.45) is 1.66. The molecule has 0 rings (SSSR count). The second-order valence-corrected chi connectivity index (χ2v) is 4.23. The molecule has 0 radical (unpaired) electrons. The fraction of sp³-hybridized carbons (Fsp3) is 0.667. The second kappa shape index (κ2) is 14.1. The van der Waals surface area contributed by atoms with Crippen LogP contribution in [0.4, 0.5) is 0 Å². The van der Waals surface area contributed by atoms with Crippen molar-refractivity contribution < 1.29 is 0 Å². The first-order valence-electron chi connectivity index (χ1n) is 2.80. The van der Waals surface area contributed by atoms with Gasteiger partial charge in [-0.05, 0) is 0 Å². The van der Waals surface area contributed by atoms with Crippen molar-refractivity contribution in [1.29, 1.82) is 0 Å². The molecule has 0 aliphatic heterocycles. The Morgan fingerprint density at radius 3 is 1.91 bits per heavy atom. The van der Waals surface area contributed by atoms with E-state index in [0.717, 1.165) is 5.33 Å².